The van der Waals surface area contributed by atoms with E-state index in [2.05, 4.69) is 20.1 Å². The summed E-state index contributed by atoms with van der Waals surface area (Å²) < 4.78 is 16.6. The van der Waals surface area contributed by atoms with Gasteiger partial charge in [0.05, 0.1) is 19.4 Å². The van der Waals surface area contributed by atoms with Gasteiger partial charge >= 0.3 is 0 Å². The summed E-state index contributed by atoms with van der Waals surface area (Å²) in [5, 5.41) is 4.00. The van der Waals surface area contributed by atoms with E-state index in [1.165, 1.54) is 0 Å². The van der Waals surface area contributed by atoms with Crippen LogP contribution in [0.1, 0.15) is 42.9 Å². The summed E-state index contributed by atoms with van der Waals surface area (Å²) in [6, 6.07) is 5.38. The van der Waals surface area contributed by atoms with Gasteiger partial charge in [0.2, 0.25) is 11.7 Å². The predicted molar refractivity (Wildman–Crippen MR) is 116 cm³/mol. The Morgan fingerprint density at radius 1 is 1.12 bits per heavy atom. The third kappa shape index (κ3) is 5.04. The Labute approximate surface area is 186 Å². The molecule has 1 aromatic carbocycles. The lowest BCUT2D eigenvalue weighted by atomic mass is 9.93. The third-order valence-electron chi connectivity index (χ3n) is 5.42. The monoisotopic (exact) mass is 437 g/mol. The van der Waals surface area contributed by atoms with Crippen LogP contribution in [0.3, 0.4) is 0 Å². The SMILES string of the molecule is CCOc1ccc(C(=O)N2CCC(Cc3nc(-c4cnccn4)no3)CC2)cc1OCC. The van der Waals surface area contributed by atoms with Gasteiger partial charge in [-0.15, -0.1) is 0 Å². The first-order valence-corrected chi connectivity index (χ1v) is 11.0. The molecule has 0 bridgehead atoms. The minimum atomic E-state index is 0.00943. The van der Waals surface area contributed by atoms with Gasteiger partial charge in [-0.25, -0.2) is 4.98 Å². The van der Waals surface area contributed by atoms with Gasteiger partial charge in [0.15, 0.2) is 11.5 Å². The van der Waals surface area contributed by atoms with Crippen molar-refractivity contribution in [3.05, 3.63) is 48.2 Å². The van der Waals surface area contributed by atoms with Crippen molar-refractivity contribution in [3.8, 4) is 23.0 Å². The topological polar surface area (TPSA) is 103 Å². The molecule has 4 rings (SSSR count). The fourth-order valence-corrected chi connectivity index (χ4v) is 3.81. The molecule has 1 amide bonds. The third-order valence-corrected chi connectivity index (χ3v) is 5.42. The molecule has 1 fully saturated rings. The number of aromatic nitrogens is 4. The van der Waals surface area contributed by atoms with E-state index in [1.54, 1.807) is 36.8 Å². The lowest BCUT2D eigenvalue weighted by Gasteiger charge is -2.31. The van der Waals surface area contributed by atoms with Crippen molar-refractivity contribution in [3.63, 3.8) is 0 Å². The largest absolute Gasteiger partial charge is 0.490 e. The molecule has 0 aliphatic carbocycles. The molecule has 9 nitrogen and oxygen atoms in total. The van der Waals surface area contributed by atoms with E-state index in [1.807, 2.05) is 18.7 Å². The molecule has 168 valence electrons. The van der Waals surface area contributed by atoms with Crippen molar-refractivity contribution in [1.82, 2.24) is 25.0 Å². The molecule has 0 unspecified atom stereocenters. The molecule has 0 radical (unpaired) electrons. The normalized spacial score (nSPS) is 14.4. The van der Waals surface area contributed by atoms with Crippen molar-refractivity contribution in [2.45, 2.75) is 33.1 Å². The number of hydrogen-bond donors (Lipinski definition) is 0. The maximum Gasteiger partial charge on any atom is 0.253 e. The quantitative estimate of drug-likeness (QED) is 0.528. The Morgan fingerprint density at radius 3 is 2.62 bits per heavy atom. The molecule has 0 N–H and O–H groups in total. The number of benzene rings is 1. The maximum absolute atomic E-state index is 13.0. The van der Waals surface area contributed by atoms with Crippen LogP contribution >= 0.6 is 0 Å². The fraction of sp³-hybridized carbons (Fsp3) is 0.435. The van der Waals surface area contributed by atoms with Crippen LogP contribution in [0.4, 0.5) is 0 Å². The molecule has 32 heavy (non-hydrogen) atoms. The minimum absolute atomic E-state index is 0.00943. The van der Waals surface area contributed by atoms with Crippen LogP contribution in [0, 0.1) is 5.92 Å². The Balaban J connectivity index is 1.34. The fourth-order valence-electron chi connectivity index (χ4n) is 3.81. The number of piperidine rings is 1. The van der Waals surface area contributed by atoms with Crippen molar-refractivity contribution < 1.29 is 18.8 Å². The van der Waals surface area contributed by atoms with Gasteiger partial charge in [0, 0.05) is 37.5 Å². The van der Waals surface area contributed by atoms with Gasteiger partial charge in [-0.2, -0.15) is 4.98 Å². The zero-order valence-corrected chi connectivity index (χ0v) is 18.4. The summed E-state index contributed by atoms with van der Waals surface area (Å²) in [6.07, 6.45) is 7.25. The van der Waals surface area contributed by atoms with E-state index in [-0.39, 0.29) is 5.91 Å². The lowest BCUT2D eigenvalue weighted by molar-refractivity contribution is 0.0687. The van der Waals surface area contributed by atoms with Crippen LogP contribution < -0.4 is 9.47 Å². The second-order valence-corrected chi connectivity index (χ2v) is 7.57. The van der Waals surface area contributed by atoms with E-state index in [9.17, 15) is 4.79 Å². The van der Waals surface area contributed by atoms with Crippen LogP contribution in [0.5, 0.6) is 11.5 Å². The molecule has 0 saturated carbocycles. The van der Waals surface area contributed by atoms with Gasteiger partial charge < -0.3 is 18.9 Å². The maximum atomic E-state index is 13.0. The van der Waals surface area contributed by atoms with Crippen molar-refractivity contribution in [2.24, 2.45) is 5.92 Å². The summed E-state index contributed by atoms with van der Waals surface area (Å²) >= 11 is 0. The number of carbonyl (C=O) groups is 1. The van der Waals surface area contributed by atoms with Gasteiger partial charge in [0.1, 0.15) is 5.69 Å². The van der Waals surface area contributed by atoms with Crippen molar-refractivity contribution in [2.75, 3.05) is 26.3 Å². The van der Waals surface area contributed by atoms with Crippen LogP contribution in [0.2, 0.25) is 0 Å². The average Bonchev–Trinajstić information content (AvgIpc) is 3.30. The molecule has 0 atom stereocenters. The van der Waals surface area contributed by atoms with Crippen molar-refractivity contribution >= 4 is 5.91 Å². The van der Waals surface area contributed by atoms with Gasteiger partial charge in [-0.1, -0.05) is 5.16 Å². The molecule has 2 aromatic heterocycles. The number of nitrogens with zero attached hydrogens (tertiary/aromatic N) is 5. The Bertz CT molecular complexity index is 1030. The summed E-state index contributed by atoms with van der Waals surface area (Å²) in [5.41, 5.74) is 1.20. The zero-order valence-electron chi connectivity index (χ0n) is 18.4. The van der Waals surface area contributed by atoms with E-state index in [4.69, 9.17) is 14.0 Å². The smallest absolute Gasteiger partial charge is 0.253 e. The van der Waals surface area contributed by atoms with E-state index < -0.39 is 0 Å². The van der Waals surface area contributed by atoms with E-state index in [0.29, 0.717) is 73.1 Å². The minimum Gasteiger partial charge on any atom is -0.490 e. The second-order valence-electron chi connectivity index (χ2n) is 7.57. The highest BCUT2D eigenvalue weighted by Crippen LogP contribution is 2.30. The van der Waals surface area contributed by atoms with Crippen LogP contribution in [0.25, 0.3) is 11.5 Å². The molecular formula is C23H27N5O4. The lowest BCUT2D eigenvalue weighted by Crippen LogP contribution is -2.38. The highest BCUT2D eigenvalue weighted by atomic mass is 16.5. The van der Waals surface area contributed by atoms with Gasteiger partial charge in [0.25, 0.3) is 5.91 Å². The standard InChI is InChI=1S/C23H27N5O4/c1-3-30-19-6-5-17(14-20(19)31-4-2)23(29)28-11-7-16(8-12-28)13-21-26-22(27-32-21)18-15-24-9-10-25-18/h5-6,9-10,14-16H,3-4,7-8,11-13H2,1-2H3. The summed E-state index contributed by atoms with van der Waals surface area (Å²) in [7, 11) is 0. The van der Waals surface area contributed by atoms with Crippen LogP contribution in [-0.4, -0.2) is 57.2 Å². The molecule has 0 spiro atoms. The molecular weight excluding hydrogens is 410 g/mol. The van der Waals surface area contributed by atoms with Crippen molar-refractivity contribution in [1.29, 1.82) is 0 Å². The predicted octanol–water partition coefficient (Wildman–Crippen LogP) is 3.42. The summed E-state index contributed by atoms with van der Waals surface area (Å²) in [5.74, 6) is 2.68. The molecule has 9 heteroatoms. The molecule has 1 aliphatic rings. The number of ether oxygens (including phenoxy) is 2. The number of rotatable bonds is 8. The summed E-state index contributed by atoms with van der Waals surface area (Å²) in [4.78, 5) is 27.6. The highest BCUT2D eigenvalue weighted by molar-refractivity contribution is 5.95. The highest BCUT2D eigenvalue weighted by Gasteiger charge is 2.26. The number of hydrogen-bond acceptors (Lipinski definition) is 8. The van der Waals surface area contributed by atoms with E-state index >= 15 is 0 Å². The second kappa shape index (κ2) is 10.2. The first-order valence-electron chi connectivity index (χ1n) is 11.0. The number of amides is 1. The Morgan fingerprint density at radius 2 is 1.91 bits per heavy atom. The number of likely N-dealkylation sites (tertiary alicyclic amines) is 1. The van der Waals surface area contributed by atoms with Crippen LogP contribution in [-0.2, 0) is 6.42 Å². The zero-order chi connectivity index (χ0) is 22.3. The molecule has 3 heterocycles. The summed E-state index contributed by atoms with van der Waals surface area (Å²) in [6.45, 7) is 6.26. The van der Waals surface area contributed by atoms with E-state index in [0.717, 1.165) is 12.8 Å². The molecule has 1 aliphatic heterocycles. The van der Waals surface area contributed by atoms with Gasteiger partial charge in [-0.3, -0.25) is 9.78 Å². The first-order chi connectivity index (χ1) is 15.7. The van der Waals surface area contributed by atoms with Crippen LogP contribution in [0.15, 0.2) is 41.3 Å². The number of carbonyl (C=O) groups excluding carboxylic acids is 1. The molecule has 3 aromatic rings. The van der Waals surface area contributed by atoms with Gasteiger partial charge in [-0.05, 0) is 50.8 Å². The molecule has 1 saturated heterocycles. The average molecular weight is 438 g/mol. The Hall–Kier alpha value is -3.49. The Kier molecular flexibility index (Phi) is 6.94. The first kappa shape index (κ1) is 21.7.